The number of Topliss-reactive ketones (excluding diaryl/α,β-unsaturated/α-hetero) is 1. The topological polar surface area (TPSA) is 57.6 Å². The van der Waals surface area contributed by atoms with Crippen LogP contribution in [0.25, 0.3) is 5.76 Å². The molecule has 1 fully saturated rings. The van der Waals surface area contributed by atoms with E-state index in [0.717, 1.165) is 23.1 Å². The molecule has 3 aromatic rings. The van der Waals surface area contributed by atoms with Crippen molar-refractivity contribution in [1.82, 2.24) is 0 Å². The fourth-order valence-electron chi connectivity index (χ4n) is 4.00. The number of nitrogens with zero attached hydrogens (tertiary/aromatic N) is 1. The van der Waals surface area contributed by atoms with Crippen LogP contribution in [0, 0.1) is 19.7 Å². The highest BCUT2D eigenvalue weighted by molar-refractivity contribution is 6.51. The van der Waals surface area contributed by atoms with Crippen molar-refractivity contribution in [2.45, 2.75) is 33.2 Å². The maximum Gasteiger partial charge on any atom is 0.300 e. The van der Waals surface area contributed by atoms with E-state index in [2.05, 4.69) is 0 Å². The first-order chi connectivity index (χ1) is 15.3. The third kappa shape index (κ3) is 3.71. The zero-order valence-corrected chi connectivity index (χ0v) is 18.2. The first kappa shape index (κ1) is 21.5. The average molecular weight is 429 g/mol. The van der Waals surface area contributed by atoms with E-state index in [-0.39, 0.29) is 11.3 Å². The van der Waals surface area contributed by atoms with Crippen molar-refractivity contribution in [2.24, 2.45) is 0 Å². The first-order valence-corrected chi connectivity index (χ1v) is 10.5. The second kappa shape index (κ2) is 8.42. The summed E-state index contributed by atoms with van der Waals surface area (Å²) in [6.45, 7) is 5.90. The monoisotopic (exact) mass is 429 g/mol. The summed E-state index contributed by atoms with van der Waals surface area (Å²) >= 11 is 0. The fourth-order valence-corrected chi connectivity index (χ4v) is 4.00. The smallest absolute Gasteiger partial charge is 0.300 e. The van der Waals surface area contributed by atoms with Gasteiger partial charge in [0.05, 0.1) is 11.6 Å². The molecule has 1 heterocycles. The van der Waals surface area contributed by atoms with Gasteiger partial charge < -0.3 is 5.11 Å². The summed E-state index contributed by atoms with van der Waals surface area (Å²) in [6, 6.07) is 17.5. The number of hydrogen-bond donors (Lipinski definition) is 1. The second-order valence-electron chi connectivity index (χ2n) is 8.04. The summed E-state index contributed by atoms with van der Waals surface area (Å²) < 4.78 is 13.6. The van der Waals surface area contributed by atoms with Gasteiger partial charge in [-0.25, -0.2) is 4.39 Å². The molecular weight excluding hydrogens is 405 g/mol. The van der Waals surface area contributed by atoms with E-state index in [9.17, 15) is 19.1 Å². The van der Waals surface area contributed by atoms with Gasteiger partial charge in [-0.2, -0.15) is 0 Å². The Morgan fingerprint density at radius 1 is 0.938 bits per heavy atom. The molecule has 5 heteroatoms. The van der Waals surface area contributed by atoms with Crippen LogP contribution in [0.4, 0.5) is 10.1 Å². The molecule has 1 aliphatic rings. The van der Waals surface area contributed by atoms with E-state index in [4.69, 9.17) is 0 Å². The van der Waals surface area contributed by atoms with Crippen LogP contribution in [-0.2, 0) is 16.0 Å². The number of rotatable bonds is 4. The lowest BCUT2D eigenvalue weighted by molar-refractivity contribution is -0.132. The fraction of sp³-hybridized carbons (Fsp3) is 0.185. The molecule has 1 N–H and O–H groups in total. The number of benzene rings is 3. The average Bonchev–Trinajstić information content (AvgIpc) is 3.06. The molecule has 4 rings (SSSR count). The van der Waals surface area contributed by atoms with Gasteiger partial charge >= 0.3 is 0 Å². The highest BCUT2D eigenvalue weighted by atomic mass is 19.1. The number of ketones is 1. The molecule has 0 radical (unpaired) electrons. The number of carbonyl (C=O) groups excluding carboxylic acids is 2. The van der Waals surface area contributed by atoms with Gasteiger partial charge in [-0.15, -0.1) is 0 Å². The van der Waals surface area contributed by atoms with Crippen molar-refractivity contribution in [1.29, 1.82) is 0 Å². The Kier molecular flexibility index (Phi) is 5.66. The van der Waals surface area contributed by atoms with Crippen molar-refractivity contribution in [3.63, 3.8) is 0 Å². The van der Waals surface area contributed by atoms with Crippen LogP contribution in [0.15, 0.2) is 72.3 Å². The highest BCUT2D eigenvalue weighted by Crippen LogP contribution is 2.42. The number of halogens is 1. The van der Waals surface area contributed by atoms with E-state index < -0.39 is 23.5 Å². The largest absolute Gasteiger partial charge is 0.507 e. The molecule has 1 aliphatic heterocycles. The molecule has 32 heavy (non-hydrogen) atoms. The highest BCUT2D eigenvalue weighted by Gasteiger charge is 2.46. The number of aliphatic hydroxyl groups excluding tert-OH is 1. The lowest BCUT2D eigenvalue weighted by atomic mass is 9.94. The van der Waals surface area contributed by atoms with Crippen LogP contribution in [0.5, 0.6) is 0 Å². The van der Waals surface area contributed by atoms with Crippen molar-refractivity contribution in [2.75, 3.05) is 4.90 Å². The molecule has 1 saturated heterocycles. The van der Waals surface area contributed by atoms with E-state index in [1.807, 2.05) is 39.0 Å². The van der Waals surface area contributed by atoms with Crippen molar-refractivity contribution < 1.29 is 19.1 Å². The van der Waals surface area contributed by atoms with Gasteiger partial charge in [-0.1, -0.05) is 43.3 Å². The Morgan fingerprint density at radius 2 is 1.59 bits per heavy atom. The van der Waals surface area contributed by atoms with Crippen molar-refractivity contribution >= 4 is 23.1 Å². The maximum atomic E-state index is 13.6. The number of carbonyl (C=O) groups is 2. The Balaban J connectivity index is 1.92. The van der Waals surface area contributed by atoms with E-state index in [1.54, 1.807) is 24.3 Å². The third-order valence-corrected chi connectivity index (χ3v) is 6.03. The molecule has 162 valence electrons. The summed E-state index contributed by atoms with van der Waals surface area (Å²) in [5.41, 5.74) is 4.63. The lowest BCUT2D eigenvalue weighted by Gasteiger charge is -2.25. The maximum absolute atomic E-state index is 13.6. The minimum absolute atomic E-state index is 0.00979. The van der Waals surface area contributed by atoms with Gasteiger partial charge in [0.25, 0.3) is 11.7 Å². The van der Waals surface area contributed by atoms with Crippen molar-refractivity contribution in [3.05, 3.63) is 106 Å². The van der Waals surface area contributed by atoms with Crippen LogP contribution in [-0.4, -0.2) is 16.8 Å². The summed E-state index contributed by atoms with van der Waals surface area (Å²) in [6.07, 6.45) is 0.841. The number of anilines is 1. The minimum Gasteiger partial charge on any atom is -0.507 e. The Morgan fingerprint density at radius 3 is 2.19 bits per heavy atom. The van der Waals surface area contributed by atoms with Crippen LogP contribution in [0.2, 0.25) is 0 Å². The summed E-state index contributed by atoms with van der Waals surface area (Å²) in [7, 11) is 0. The van der Waals surface area contributed by atoms with Crippen LogP contribution in [0.3, 0.4) is 0 Å². The summed E-state index contributed by atoms with van der Waals surface area (Å²) in [4.78, 5) is 27.7. The normalized spacial score (nSPS) is 17.8. The van der Waals surface area contributed by atoms with Crippen LogP contribution >= 0.6 is 0 Å². The zero-order chi connectivity index (χ0) is 23.0. The third-order valence-electron chi connectivity index (χ3n) is 6.03. The molecule has 1 atom stereocenters. The predicted molar refractivity (Wildman–Crippen MR) is 123 cm³/mol. The molecule has 0 aromatic heterocycles. The Bertz CT molecular complexity index is 1230. The van der Waals surface area contributed by atoms with Gasteiger partial charge in [0.15, 0.2) is 0 Å². The molecule has 4 nitrogen and oxygen atoms in total. The Hall–Kier alpha value is -3.73. The summed E-state index contributed by atoms with van der Waals surface area (Å²) in [5, 5.41) is 11.2. The van der Waals surface area contributed by atoms with E-state index in [0.29, 0.717) is 16.8 Å². The van der Waals surface area contributed by atoms with Gasteiger partial charge in [0.1, 0.15) is 11.6 Å². The zero-order valence-electron chi connectivity index (χ0n) is 18.2. The number of aryl methyl sites for hydroxylation is 3. The van der Waals surface area contributed by atoms with Crippen molar-refractivity contribution in [3.8, 4) is 0 Å². The second-order valence-corrected chi connectivity index (χ2v) is 8.04. The standard InChI is InChI=1S/C27H24FNO3/c1-4-18-6-13-22(14-7-18)29-24(19-9-11-21(28)12-10-19)23(26(31)27(29)32)25(30)20-8-5-16(2)17(3)15-20/h5-15,24,30H,4H2,1-3H3/b25-23-. The van der Waals surface area contributed by atoms with Gasteiger partial charge in [-0.05, 0) is 72.9 Å². The molecule has 1 unspecified atom stereocenters. The predicted octanol–water partition coefficient (Wildman–Crippen LogP) is 5.63. The molecule has 3 aromatic carbocycles. The number of amides is 1. The first-order valence-electron chi connectivity index (χ1n) is 10.5. The molecule has 0 saturated carbocycles. The number of aliphatic hydroxyl groups is 1. The molecule has 0 spiro atoms. The molecule has 0 bridgehead atoms. The minimum atomic E-state index is -0.871. The van der Waals surface area contributed by atoms with Gasteiger partial charge in [0.2, 0.25) is 0 Å². The molecule has 1 amide bonds. The quantitative estimate of drug-likeness (QED) is 0.332. The summed E-state index contributed by atoms with van der Waals surface area (Å²) in [5.74, 6) is -2.16. The lowest BCUT2D eigenvalue weighted by Crippen LogP contribution is -2.29. The van der Waals surface area contributed by atoms with Gasteiger partial charge in [0, 0.05) is 11.3 Å². The molecular formula is C27H24FNO3. The Labute approximate surface area is 186 Å². The van der Waals surface area contributed by atoms with E-state index >= 15 is 0 Å². The van der Waals surface area contributed by atoms with Crippen LogP contribution < -0.4 is 4.90 Å². The van der Waals surface area contributed by atoms with Crippen LogP contribution in [0.1, 0.15) is 40.8 Å². The SMILES string of the molecule is CCc1ccc(N2C(=O)C(=O)/C(=C(\O)c3ccc(C)c(C)c3)C2c2ccc(F)cc2)cc1. The van der Waals surface area contributed by atoms with E-state index in [1.165, 1.54) is 29.2 Å². The number of hydrogen-bond acceptors (Lipinski definition) is 3. The molecule has 0 aliphatic carbocycles. The van der Waals surface area contributed by atoms with Gasteiger partial charge in [-0.3, -0.25) is 14.5 Å².